The fourth-order valence-corrected chi connectivity index (χ4v) is 1.94. The lowest BCUT2D eigenvalue weighted by atomic mass is 9.95. The zero-order valence-electron chi connectivity index (χ0n) is 12.2. The molecule has 1 N–H and O–H groups in total. The molecule has 5 heteroatoms. The summed E-state index contributed by atoms with van der Waals surface area (Å²) in [6.07, 6.45) is 0. The summed E-state index contributed by atoms with van der Waals surface area (Å²) in [7, 11) is 1.61. The van der Waals surface area contributed by atoms with Crippen LogP contribution in [0.25, 0.3) is 10.8 Å². The van der Waals surface area contributed by atoms with Gasteiger partial charge in [0.1, 0.15) is 0 Å². The molecule has 0 aliphatic carbocycles. The standard InChI is InChI=1S/C15H19N3O2/c1-15(2,3)14(20)16-9-12-10-7-5-6-8-11(10)13(19)18(4)17-12/h5-8H,9H2,1-4H3,(H,16,20). The van der Waals surface area contributed by atoms with Gasteiger partial charge in [-0.05, 0) is 6.07 Å². The Labute approximate surface area is 117 Å². The summed E-state index contributed by atoms with van der Waals surface area (Å²) in [6, 6.07) is 7.30. The van der Waals surface area contributed by atoms with Gasteiger partial charge in [0.2, 0.25) is 5.91 Å². The number of nitrogens with zero attached hydrogens (tertiary/aromatic N) is 2. The van der Waals surface area contributed by atoms with Crippen molar-refractivity contribution in [1.29, 1.82) is 0 Å². The maximum absolute atomic E-state index is 12.0. The molecule has 106 valence electrons. The summed E-state index contributed by atoms with van der Waals surface area (Å²) in [5.74, 6) is -0.0442. The van der Waals surface area contributed by atoms with Crippen LogP contribution in [0.3, 0.4) is 0 Å². The number of rotatable bonds is 2. The number of amides is 1. The van der Waals surface area contributed by atoms with Crippen LogP contribution in [0.5, 0.6) is 0 Å². The fraction of sp³-hybridized carbons (Fsp3) is 0.400. The summed E-state index contributed by atoms with van der Waals surface area (Å²) in [4.78, 5) is 23.9. The predicted molar refractivity (Wildman–Crippen MR) is 78.3 cm³/mol. The van der Waals surface area contributed by atoms with Gasteiger partial charge >= 0.3 is 0 Å². The average Bonchev–Trinajstić information content (AvgIpc) is 2.40. The molecule has 1 aromatic carbocycles. The molecule has 1 amide bonds. The molecule has 1 aromatic heterocycles. The molecule has 0 saturated heterocycles. The van der Waals surface area contributed by atoms with E-state index in [1.807, 2.05) is 39.0 Å². The van der Waals surface area contributed by atoms with E-state index < -0.39 is 5.41 Å². The minimum Gasteiger partial charge on any atom is -0.350 e. The molecule has 5 nitrogen and oxygen atoms in total. The van der Waals surface area contributed by atoms with E-state index in [9.17, 15) is 9.59 Å². The number of nitrogens with one attached hydrogen (secondary N) is 1. The first kappa shape index (κ1) is 14.2. The highest BCUT2D eigenvalue weighted by Crippen LogP contribution is 2.15. The topological polar surface area (TPSA) is 64.0 Å². The van der Waals surface area contributed by atoms with Gasteiger partial charge in [-0.25, -0.2) is 4.68 Å². The fourth-order valence-electron chi connectivity index (χ4n) is 1.94. The Bertz CT molecular complexity index is 711. The number of carbonyl (C=O) groups excluding carboxylic acids is 1. The second-order valence-electron chi connectivity index (χ2n) is 5.85. The van der Waals surface area contributed by atoms with Crippen LogP contribution in [-0.2, 0) is 18.4 Å². The Morgan fingerprint density at radius 1 is 1.25 bits per heavy atom. The third kappa shape index (κ3) is 2.71. The lowest BCUT2D eigenvalue weighted by Gasteiger charge is -2.18. The van der Waals surface area contributed by atoms with E-state index in [2.05, 4.69) is 10.4 Å². The first-order valence-corrected chi connectivity index (χ1v) is 6.54. The van der Waals surface area contributed by atoms with Crippen molar-refractivity contribution in [2.24, 2.45) is 12.5 Å². The van der Waals surface area contributed by atoms with Crippen molar-refractivity contribution >= 4 is 16.7 Å². The highest BCUT2D eigenvalue weighted by molar-refractivity contribution is 5.85. The Morgan fingerprint density at radius 2 is 1.85 bits per heavy atom. The van der Waals surface area contributed by atoms with Crippen LogP contribution in [0.4, 0.5) is 0 Å². The number of hydrogen-bond acceptors (Lipinski definition) is 3. The van der Waals surface area contributed by atoms with Gasteiger partial charge in [-0.15, -0.1) is 0 Å². The SMILES string of the molecule is Cn1nc(CNC(=O)C(C)(C)C)c2ccccc2c1=O. The molecule has 0 aliphatic rings. The Balaban J connectivity index is 2.38. The van der Waals surface area contributed by atoms with Crippen molar-refractivity contribution in [2.45, 2.75) is 27.3 Å². The maximum atomic E-state index is 12.0. The Morgan fingerprint density at radius 3 is 2.45 bits per heavy atom. The summed E-state index contributed by atoms with van der Waals surface area (Å²) < 4.78 is 1.31. The molecule has 0 saturated carbocycles. The number of hydrogen-bond donors (Lipinski definition) is 1. The molecule has 0 spiro atoms. The quantitative estimate of drug-likeness (QED) is 0.904. The van der Waals surface area contributed by atoms with E-state index in [-0.39, 0.29) is 11.5 Å². The molecule has 0 fully saturated rings. The van der Waals surface area contributed by atoms with E-state index in [0.29, 0.717) is 17.6 Å². The highest BCUT2D eigenvalue weighted by Gasteiger charge is 2.21. The lowest BCUT2D eigenvalue weighted by Crippen LogP contribution is -2.35. The average molecular weight is 273 g/mol. The van der Waals surface area contributed by atoms with Gasteiger partial charge in [0.25, 0.3) is 5.56 Å². The van der Waals surface area contributed by atoms with Crippen LogP contribution in [0.2, 0.25) is 0 Å². The van der Waals surface area contributed by atoms with Gasteiger partial charge in [-0.3, -0.25) is 9.59 Å². The Kier molecular flexibility index (Phi) is 3.61. The molecule has 0 bridgehead atoms. The van der Waals surface area contributed by atoms with Crippen LogP contribution < -0.4 is 10.9 Å². The van der Waals surface area contributed by atoms with Crippen molar-refractivity contribution in [2.75, 3.05) is 0 Å². The normalized spacial score (nSPS) is 11.6. The van der Waals surface area contributed by atoms with Crippen LogP contribution in [0, 0.1) is 5.41 Å². The number of benzene rings is 1. The molecule has 20 heavy (non-hydrogen) atoms. The van der Waals surface area contributed by atoms with E-state index in [0.717, 1.165) is 5.39 Å². The summed E-state index contributed by atoms with van der Waals surface area (Å²) >= 11 is 0. The monoisotopic (exact) mass is 273 g/mol. The third-order valence-electron chi connectivity index (χ3n) is 3.13. The summed E-state index contributed by atoms with van der Waals surface area (Å²) in [6.45, 7) is 5.88. The second-order valence-corrected chi connectivity index (χ2v) is 5.85. The van der Waals surface area contributed by atoms with Crippen molar-refractivity contribution in [3.8, 4) is 0 Å². The molecule has 1 heterocycles. The first-order chi connectivity index (χ1) is 9.30. The molecule has 2 rings (SSSR count). The molecular formula is C15H19N3O2. The minimum atomic E-state index is -0.448. The zero-order chi connectivity index (χ0) is 14.9. The van der Waals surface area contributed by atoms with Crippen molar-refractivity contribution in [3.63, 3.8) is 0 Å². The molecule has 0 aliphatic heterocycles. The molecule has 0 radical (unpaired) electrons. The van der Waals surface area contributed by atoms with Crippen molar-refractivity contribution in [1.82, 2.24) is 15.1 Å². The number of aromatic nitrogens is 2. The number of fused-ring (bicyclic) bond motifs is 1. The van der Waals surface area contributed by atoms with Crippen molar-refractivity contribution in [3.05, 3.63) is 40.3 Å². The van der Waals surface area contributed by atoms with E-state index >= 15 is 0 Å². The van der Waals surface area contributed by atoms with Gasteiger partial charge in [0, 0.05) is 17.8 Å². The zero-order valence-corrected chi connectivity index (χ0v) is 12.2. The molecule has 2 aromatic rings. The van der Waals surface area contributed by atoms with Crippen molar-refractivity contribution < 1.29 is 4.79 Å². The maximum Gasteiger partial charge on any atom is 0.274 e. The van der Waals surface area contributed by atoms with Gasteiger partial charge in [0.15, 0.2) is 0 Å². The van der Waals surface area contributed by atoms with E-state index in [1.165, 1.54) is 4.68 Å². The number of aryl methyl sites for hydroxylation is 1. The number of carbonyl (C=O) groups is 1. The first-order valence-electron chi connectivity index (χ1n) is 6.54. The molecule has 0 atom stereocenters. The van der Waals surface area contributed by atoms with Crippen LogP contribution in [-0.4, -0.2) is 15.7 Å². The van der Waals surface area contributed by atoms with Gasteiger partial charge < -0.3 is 5.32 Å². The second kappa shape index (κ2) is 5.07. The smallest absolute Gasteiger partial charge is 0.274 e. The van der Waals surface area contributed by atoms with E-state index in [1.54, 1.807) is 13.1 Å². The predicted octanol–water partition coefficient (Wildman–Crippen LogP) is 1.60. The van der Waals surface area contributed by atoms with Gasteiger partial charge in [0.05, 0.1) is 17.6 Å². The van der Waals surface area contributed by atoms with Gasteiger partial charge in [-0.2, -0.15) is 5.10 Å². The molecule has 0 unspecified atom stereocenters. The summed E-state index contributed by atoms with van der Waals surface area (Å²) in [5, 5.41) is 8.50. The Hall–Kier alpha value is -2.17. The summed E-state index contributed by atoms with van der Waals surface area (Å²) in [5.41, 5.74) is 0.114. The van der Waals surface area contributed by atoms with Crippen LogP contribution in [0.15, 0.2) is 29.1 Å². The molecular weight excluding hydrogens is 254 g/mol. The lowest BCUT2D eigenvalue weighted by molar-refractivity contribution is -0.128. The van der Waals surface area contributed by atoms with E-state index in [4.69, 9.17) is 0 Å². The van der Waals surface area contributed by atoms with Gasteiger partial charge in [-0.1, -0.05) is 39.0 Å². The van der Waals surface area contributed by atoms with Crippen LogP contribution in [0.1, 0.15) is 26.5 Å². The minimum absolute atomic E-state index is 0.0442. The third-order valence-corrected chi connectivity index (χ3v) is 3.13. The van der Waals surface area contributed by atoms with Crippen LogP contribution >= 0.6 is 0 Å². The highest BCUT2D eigenvalue weighted by atomic mass is 16.2. The largest absolute Gasteiger partial charge is 0.350 e.